The van der Waals surface area contributed by atoms with Crippen molar-refractivity contribution < 1.29 is 13.2 Å². The minimum absolute atomic E-state index is 0.0753. The van der Waals surface area contributed by atoms with Gasteiger partial charge in [-0.15, -0.1) is 11.3 Å². The van der Waals surface area contributed by atoms with Crippen LogP contribution in [0, 0.1) is 0 Å². The number of thiazole rings is 1. The van der Waals surface area contributed by atoms with Gasteiger partial charge in [0.15, 0.2) is 9.84 Å². The Kier molecular flexibility index (Phi) is 3.37. The van der Waals surface area contributed by atoms with Crippen molar-refractivity contribution in [3.63, 3.8) is 0 Å². The summed E-state index contributed by atoms with van der Waals surface area (Å²) in [5, 5.41) is 8.85. The normalized spacial score (nSPS) is 26.0. The minimum atomic E-state index is -3.21. The van der Waals surface area contributed by atoms with Gasteiger partial charge in [0.25, 0.3) is 5.91 Å². The molecule has 0 atom stereocenters. The maximum atomic E-state index is 12.5. The van der Waals surface area contributed by atoms with E-state index in [9.17, 15) is 13.2 Å². The van der Waals surface area contributed by atoms with Gasteiger partial charge in [-0.05, 0) is 37.1 Å². The highest BCUT2D eigenvalue weighted by atomic mass is 35.5. The van der Waals surface area contributed by atoms with E-state index in [0.717, 1.165) is 34.3 Å². The van der Waals surface area contributed by atoms with Gasteiger partial charge >= 0.3 is 0 Å². The van der Waals surface area contributed by atoms with E-state index in [2.05, 4.69) is 10.4 Å². The molecule has 0 radical (unpaired) electrons. The van der Waals surface area contributed by atoms with Gasteiger partial charge in [-0.1, -0.05) is 11.6 Å². The lowest BCUT2D eigenvalue weighted by Gasteiger charge is -2.04. The van der Waals surface area contributed by atoms with E-state index in [1.54, 1.807) is 11.3 Å². The van der Waals surface area contributed by atoms with Gasteiger partial charge in [0, 0.05) is 22.9 Å². The first-order valence-corrected chi connectivity index (χ1v) is 11.6. The Labute approximate surface area is 164 Å². The van der Waals surface area contributed by atoms with Crippen molar-refractivity contribution in [1.29, 1.82) is 0 Å². The van der Waals surface area contributed by atoms with Crippen LogP contribution in [0.25, 0.3) is 10.2 Å². The quantitative estimate of drug-likeness (QED) is 0.681. The SMILES string of the molecule is CS(=O)(=O)Cn1ccc(C(=O)NC23CC2(c2nc4ccc(Cl)cc4s2)C3)n1. The fourth-order valence-electron chi connectivity index (χ4n) is 3.63. The Bertz CT molecular complexity index is 1210. The third-order valence-corrected chi connectivity index (χ3v) is 7.42. The highest BCUT2D eigenvalue weighted by Crippen LogP contribution is 2.79. The molecule has 2 heterocycles. The van der Waals surface area contributed by atoms with Crippen LogP contribution in [0.2, 0.25) is 5.02 Å². The Morgan fingerprint density at radius 2 is 2.15 bits per heavy atom. The van der Waals surface area contributed by atoms with Gasteiger partial charge in [-0.3, -0.25) is 9.48 Å². The number of fused-ring (bicyclic) bond motifs is 2. The lowest BCUT2D eigenvalue weighted by atomic mass is 10.2. The smallest absolute Gasteiger partial charge is 0.272 e. The monoisotopic (exact) mass is 422 g/mol. The summed E-state index contributed by atoms with van der Waals surface area (Å²) in [4.78, 5) is 17.2. The molecule has 27 heavy (non-hydrogen) atoms. The average Bonchev–Trinajstić information content (AvgIpc) is 3.13. The topological polar surface area (TPSA) is 94.0 Å². The second kappa shape index (κ2) is 5.30. The summed E-state index contributed by atoms with van der Waals surface area (Å²) in [5.41, 5.74) is 0.820. The lowest BCUT2D eigenvalue weighted by molar-refractivity contribution is 0.0936. The molecule has 0 spiro atoms. The largest absolute Gasteiger partial charge is 0.344 e. The summed E-state index contributed by atoms with van der Waals surface area (Å²) in [7, 11) is -3.21. The fourth-order valence-corrected chi connectivity index (χ4v) is 5.79. The molecule has 2 aliphatic rings. The number of aromatic nitrogens is 3. The molecule has 1 amide bonds. The van der Waals surface area contributed by atoms with Crippen LogP contribution in [-0.4, -0.2) is 40.9 Å². The highest BCUT2D eigenvalue weighted by molar-refractivity contribution is 7.89. The predicted octanol–water partition coefficient (Wildman–Crippen LogP) is 2.36. The number of carbonyl (C=O) groups excluding carboxylic acids is 1. The number of nitrogens with zero attached hydrogens (tertiary/aromatic N) is 3. The van der Waals surface area contributed by atoms with Crippen LogP contribution in [0.5, 0.6) is 0 Å². The number of carbonyl (C=O) groups is 1. The number of hydrogen-bond acceptors (Lipinski definition) is 6. The third-order valence-electron chi connectivity index (χ3n) is 5.23. The van der Waals surface area contributed by atoms with E-state index in [0.29, 0.717) is 5.02 Å². The molecule has 2 aliphatic carbocycles. The molecule has 2 fully saturated rings. The molecule has 0 unspecified atom stereocenters. The molecule has 10 heteroatoms. The van der Waals surface area contributed by atoms with Crippen molar-refractivity contribution in [1.82, 2.24) is 20.1 Å². The van der Waals surface area contributed by atoms with Gasteiger partial charge in [0.1, 0.15) is 16.6 Å². The molecular formula is C17H15ClN4O3S2. The molecular weight excluding hydrogens is 408 g/mol. The number of sulfone groups is 1. The maximum absolute atomic E-state index is 12.5. The predicted molar refractivity (Wildman–Crippen MR) is 103 cm³/mol. The van der Waals surface area contributed by atoms with Crippen molar-refractivity contribution in [3.05, 3.63) is 46.2 Å². The fraction of sp³-hybridized carbons (Fsp3) is 0.353. The van der Waals surface area contributed by atoms with E-state index in [1.807, 2.05) is 18.2 Å². The van der Waals surface area contributed by atoms with Crippen molar-refractivity contribution in [2.24, 2.45) is 0 Å². The summed E-state index contributed by atoms with van der Waals surface area (Å²) in [6.45, 7) is 0. The molecule has 0 aliphatic heterocycles. The first-order valence-electron chi connectivity index (χ1n) is 8.30. The van der Waals surface area contributed by atoms with Gasteiger partial charge in [0.2, 0.25) is 0 Å². The molecule has 1 aromatic carbocycles. The average molecular weight is 423 g/mol. The highest BCUT2D eigenvalue weighted by Gasteiger charge is 2.86. The van der Waals surface area contributed by atoms with Crippen LogP contribution in [0.4, 0.5) is 0 Å². The lowest BCUT2D eigenvalue weighted by Crippen LogP contribution is -2.31. The number of rotatable bonds is 5. The van der Waals surface area contributed by atoms with E-state index in [-0.39, 0.29) is 28.4 Å². The van der Waals surface area contributed by atoms with Crippen LogP contribution in [-0.2, 0) is 21.1 Å². The van der Waals surface area contributed by atoms with Crippen LogP contribution < -0.4 is 5.32 Å². The molecule has 0 bridgehead atoms. The first kappa shape index (κ1) is 17.2. The Balaban J connectivity index is 1.32. The zero-order valence-electron chi connectivity index (χ0n) is 14.3. The van der Waals surface area contributed by atoms with Gasteiger partial charge in [0.05, 0.1) is 15.8 Å². The van der Waals surface area contributed by atoms with Crippen molar-refractivity contribution >= 4 is 48.9 Å². The Morgan fingerprint density at radius 1 is 1.37 bits per heavy atom. The second-order valence-electron chi connectivity index (χ2n) is 7.40. The van der Waals surface area contributed by atoms with Crippen LogP contribution in [0.3, 0.4) is 0 Å². The summed E-state index contributed by atoms with van der Waals surface area (Å²) in [5.74, 6) is -0.533. The summed E-state index contributed by atoms with van der Waals surface area (Å²) < 4.78 is 25.0. The van der Waals surface area contributed by atoms with E-state index < -0.39 is 9.84 Å². The number of halogens is 1. The maximum Gasteiger partial charge on any atom is 0.272 e. The summed E-state index contributed by atoms with van der Waals surface area (Å²) >= 11 is 7.67. The minimum Gasteiger partial charge on any atom is -0.344 e. The zero-order chi connectivity index (χ0) is 19.0. The molecule has 0 saturated heterocycles. The molecule has 2 aromatic heterocycles. The van der Waals surface area contributed by atoms with Gasteiger partial charge in [-0.25, -0.2) is 13.4 Å². The van der Waals surface area contributed by atoms with E-state index in [1.165, 1.54) is 16.9 Å². The summed E-state index contributed by atoms with van der Waals surface area (Å²) in [6.07, 6.45) is 4.35. The number of amides is 1. The van der Waals surface area contributed by atoms with Gasteiger partial charge < -0.3 is 5.32 Å². The molecule has 140 valence electrons. The van der Waals surface area contributed by atoms with E-state index >= 15 is 0 Å². The third kappa shape index (κ3) is 2.76. The van der Waals surface area contributed by atoms with Crippen LogP contribution in [0.1, 0.15) is 28.3 Å². The molecule has 3 aromatic rings. The van der Waals surface area contributed by atoms with Crippen LogP contribution >= 0.6 is 22.9 Å². The van der Waals surface area contributed by atoms with Crippen LogP contribution in [0.15, 0.2) is 30.5 Å². The Hall–Kier alpha value is -1.97. The molecule has 1 N–H and O–H groups in total. The molecule has 7 nitrogen and oxygen atoms in total. The number of hydrogen-bond donors (Lipinski definition) is 1. The molecule has 2 saturated carbocycles. The Morgan fingerprint density at radius 3 is 2.89 bits per heavy atom. The summed E-state index contributed by atoms with van der Waals surface area (Å²) in [6, 6.07) is 7.18. The van der Waals surface area contributed by atoms with E-state index in [4.69, 9.17) is 16.6 Å². The second-order valence-corrected chi connectivity index (χ2v) is 11.0. The van der Waals surface area contributed by atoms with Crippen molar-refractivity contribution in [2.45, 2.75) is 29.7 Å². The zero-order valence-corrected chi connectivity index (χ0v) is 16.7. The number of benzene rings is 1. The van der Waals surface area contributed by atoms with Crippen molar-refractivity contribution in [3.8, 4) is 0 Å². The van der Waals surface area contributed by atoms with Gasteiger partial charge in [-0.2, -0.15) is 5.10 Å². The first-order chi connectivity index (χ1) is 12.7. The molecule has 5 rings (SSSR count). The van der Waals surface area contributed by atoms with Crippen molar-refractivity contribution in [2.75, 3.05) is 6.26 Å². The number of nitrogens with one attached hydrogen (secondary N) is 1. The standard InChI is InChI=1S/C17H15ClN4O3S2/c1-27(24,25)9-22-5-4-12(21-22)14(23)20-17-7-16(17,8-17)15-19-11-3-2-10(18)6-13(11)26-15/h2-6H,7-9H2,1H3,(H,20,23).